The summed E-state index contributed by atoms with van der Waals surface area (Å²) in [5.41, 5.74) is 0. The number of urea groups is 1. The van der Waals surface area contributed by atoms with E-state index in [0.29, 0.717) is 6.54 Å². The minimum absolute atomic E-state index is 0.0528. The summed E-state index contributed by atoms with van der Waals surface area (Å²) in [6.07, 6.45) is 3.43. The van der Waals surface area contributed by atoms with Gasteiger partial charge in [0.05, 0.1) is 0 Å². The highest BCUT2D eigenvalue weighted by Crippen LogP contribution is 1.90. The molecule has 0 radical (unpaired) electrons. The van der Waals surface area contributed by atoms with Crippen LogP contribution in [-0.2, 0) is 0 Å². The fourth-order valence-electron chi connectivity index (χ4n) is 1.03. The minimum atomic E-state index is -0.0528. The number of amides is 2. The number of hydrogen-bond acceptors (Lipinski definition) is 2. The molecule has 14 heavy (non-hydrogen) atoms. The van der Waals surface area contributed by atoms with E-state index in [1.54, 1.807) is 0 Å². The van der Waals surface area contributed by atoms with Gasteiger partial charge in [0.15, 0.2) is 0 Å². The predicted octanol–water partition coefficient (Wildman–Crippen LogP) is 1.04. The van der Waals surface area contributed by atoms with Crippen LogP contribution in [-0.4, -0.2) is 44.7 Å². The Morgan fingerprint density at radius 1 is 1.14 bits per heavy atom. The van der Waals surface area contributed by atoms with Crippen molar-refractivity contribution < 1.29 is 4.79 Å². The summed E-state index contributed by atoms with van der Waals surface area (Å²) in [5.74, 6) is 0. The molecule has 84 valence electrons. The molecule has 0 rings (SSSR count). The molecule has 0 saturated carbocycles. The lowest BCUT2D eigenvalue weighted by atomic mass is 10.2. The standard InChI is InChI=1S/C10H23N3O/c1-4-5-6-7-11-10(14)12-8-9-13(2)3/h4-9H2,1-3H3,(H2,11,12,14). The molecule has 0 bridgehead atoms. The molecule has 0 fully saturated rings. The molecule has 4 nitrogen and oxygen atoms in total. The van der Waals surface area contributed by atoms with Crippen molar-refractivity contribution in [3.8, 4) is 0 Å². The van der Waals surface area contributed by atoms with E-state index < -0.39 is 0 Å². The Labute approximate surface area is 87.0 Å². The molecule has 2 amide bonds. The smallest absolute Gasteiger partial charge is 0.314 e. The lowest BCUT2D eigenvalue weighted by molar-refractivity contribution is 0.239. The van der Waals surface area contributed by atoms with Gasteiger partial charge >= 0.3 is 6.03 Å². The van der Waals surface area contributed by atoms with E-state index in [-0.39, 0.29) is 6.03 Å². The molecule has 0 heterocycles. The number of likely N-dealkylation sites (N-methyl/N-ethyl adjacent to an activating group) is 1. The van der Waals surface area contributed by atoms with Crippen molar-refractivity contribution in [2.45, 2.75) is 26.2 Å². The lowest BCUT2D eigenvalue weighted by Gasteiger charge is -2.11. The van der Waals surface area contributed by atoms with Crippen molar-refractivity contribution in [1.29, 1.82) is 0 Å². The number of nitrogens with one attached hydrogen (secondary N) is 2. The fraction of sp³-hybridized carbons (Fsp3) is 0.900. The second-order valence-electron chi connectivity index (χ2n) is 3.69. The first-order valence-electron chi connectivity index (χ1n) is 5.33. The Kier molecular flexibility index (Phi) is 8.33. The van der Waals surface area contributed by atoms with Gasteiger partial charge in [-0.2, -0.15) is 0 Å². The first-order valence-corrected chi connectivity index (χ1v) is 5.33. The average Bonchev–Trinajstić information content (AvgIpc) is 2.12. The van der Waals surface area contributed by atoms with Gasteiger partial charge in [0.25, 0.3) is 0 Å². The van der Waals surface area contributed by atoms with Crippen LogP contribution in [0.4, 0.5) is 4.79 Å². The number of carbonyl (C=O) groups excluding carboxylic acids is 1. The zero-order chi connectivity index (χ0) is 10.8. The third-order valence-electron chi connectivity index (χ3n) is 1.91. The van der Waals surface area contributed by atoms with Gasteiger partial charge in [-0.1, -0.05) is 19.8 Å². The molecule has 0 aromatic heterocycles. The van der Waals surface area contributed by atoms with Crippen LogP contribution in [0.5, 0.6) is 0 Å². The molecule has 0 saturated heterocycles. The molecule has 0 spiro atoms. The van der Waals surface area contributed by atoms with Crippen molar-refractivity contribution >= 4 is 6.03 Å². The topological polar surface area (TPSA) is 44.4 Å². The maximum atomic E-state index is 11.1. The van der Waals surface area contributed by atoms with Crippen LogP contribution in [0, 0.1) is 0 Å². The fourth-order valence-corrected chi connectivity index (χ4v) is 1.03. The van der Waals surface area contributed by atoms with Crippen molar-refractivity contribution in [3.63, 3.8) is 0 Å². The van der Waals surface area contributed by atoms with E-state index in [1.165, 1.54) is 12.8 Å². The Morgan fingerprint density at radius 3 is 2.36 bits per heavy atom. The molecule has 2 N–H and O–H groups in total. The second-order valence-corrected chi connectivity index (χ2v) is 3.69. The van der Waals surface area contributed by atoms with Gasteiger partial charge in [-0.15, -0.1) is 0 Å². The van der Waals surface area contributed by atoms with E-state index in [1.807, 2.05) is 19.0 Å². The predicted molar refractivity (Wildman–Crippen MR) is 59.5 cm³/mol. The van der Waals surface area contributed by atoms with Gasteiger partial charge in [0.1, 0.15) is 0 Å². The van der Waals surface area contributed by atoms with Gasteiger partial charge in [0.2, 0.25) is 0 Å². The van der Waals surface area contributed by atoms with Crippen molar-refractivity contribution in [1.82, 2.24) is 15.5 Å². The first kappa shape index (κ1) is 13.2. The molecule has 0 aliphatic heterocycles. The maximum Gasteiger partial charge on any atom is 0.314 e. The summed E-state index contributed by atoms with van der Waals surface area (Å²) in [7, 11) is 3.97. The van der Waals surface area contributed by atoms with E-state index in [9.17, 15) is 4.79 Å². The summed E-state index contributed by atoms with van der Waals surface area (Å²) < 4.78 is 0. The molecule has 0 unspecified atom stereocenters. The monoisotopic (exact) mass is 201 g/mol. The molecular formula is C10H23N3O. The third-order valence-corrected chi connectivity index (χ3v) is 1.91. The Bertz CT molecular complexity index is 148. The normalized spacial score (nSPS) is 10.3. The van der Waals surface area contributed by atoms with Gasteiger partial charge in [-0.05, 0) is 20.5 Å². The van der Waals surface area contributed by atoms with Gasteiger partial charge < -0.3 is 15.5 Å². The van der Waals surface area contributed by atoms with Crippen LogP contribution in [0.3, 0.4) is 0 Å². The first-order chi connectivity index (χ1) is 6.66. The Hall–Kier alpha value is -0.770. The number of nitrogens with zero attached hydrogens (tertiary/aromatic N) is 1. The highest BCUT2D eigenvalue weighted by atomic mass is 16.2. The largest absolute Gasteiger partial charge is 0.338 e. The zero-order valence-electron chi connectivity index (χ0n) is 9.60. The second kappa shape index (κ2) is 8.81. The molecular weight excluding hydrogens is 178 g/mol. The van der Waals surface area contributed by atoms with Crippen molar-refractivity contribution in [3.05, 3.63) is 0 Å². The number of unbranched alkanes of at least 4 members (excludes halogenated alkanes) is 2. The molecule has 0 aromatic rings. The van der Waals surface area contributed by atoms with Crippen molar-refractivity contribution in [2.75, 3.05) is 33.7 Å². The van der Waals surface area contributed by atoms with E-state index in [0.717, 1.165) is 19.5 Å². The molecule has 4 heteroatoms. The lowest BCUT2D eigenvalue weighted by Crippen LogP contribution is -2.39. The van der Waals surface area contributed by atoms with Crippen LogP contribution >= 0.6 is 0 Å². The molecule has 0 aromatic carbocycles. The highest BCUT2D eigenvalue weighted by Gasteiger charge is 1.97. The summed E-state index contributed by atoms with van der Waals surface area (Å²) in [6.45, 7) is 4.51. The van der Waals surface area contributed by atoms with Crippen LogP contribution in [0.25, 0.3) is 0 Å². The van der Waals surface area contributed by atoms with Crippen LogP contribution in [0.1, 0.15) is 26.2 Å². The summed E-state index contributed by atoms with van der Waals surface area (Å²) >= 11 is 0. The quantitative estimate of drug-likeness (QED) is 0.604. The van der Waals surface area contributed by atoms with Crippen LogP contribution in [0.2, 0.25) is 0 Å². The average molecular weight is 201 g/mol. The highest BCUT2D eigenvalue weighted by molar-refractivity contribution is 5.73. The number of carbonyl (C=O) groups is 1. The SMILES string of the molecule is CCCCCNC(=O)NCCN(C)C. The summed E-state index contributed by atoms with van der Waals surface area (Å²) in [4.78, 5) is 13.2. The van der Waals surface area contributed by atoms with E-state index in [2.05, 4.69) is 17.6 Å². The number of rotatable bonds is 7. The van der Waals surface area contributed by atoms with Crippen LogP contribution < -0.4 is 10.6 Å². The third kappa shape index (κ3) is 9.32. The molecule has 0 aliphatic carbocycles. The Balaban J connectivity index is 3.20. The van der Waals surface area contributed by atoms with Gasteiger partial charge in [-0.3, -0.25) is 0 Å². The van der Waals surface area contributed by atoms with Crippen molar-refractivity contribution in [2.24, 2.45) is 0 Å². The summed E-state index contributed by atoms with van der Waals surface area (Å²) in [6, 6.07) is -0.0528. The van der Waals surface area contributed by atoms with Gasteiger partial charge in [-0.25, -0.2) is 4.79 Å². The van der Waals surface area contributed by atoms with E-state index in [4.69, 9.17) is 0 Å². The van der Waals surface area contributed by atoms with E-state index >= 15 is 0 Å². The van der Waals surface area contributed by atoms with Crippen LogP contribution in [0.15, 0.2) is 0 Å². The molecule has 0 aliphatic rings. The minimum Gasteiger partial charge on any atom is -0.338 e. The number of hydrogen-bond donors (Lipinski definition) is 2. The maximum absolute atomic E-state index is 11.1. The summed E-state index contributed by atoms with van der Waals surface area (Å²) in [5, 5.41) is 5.62. The Morgan fingerprint density at radius 2 is 1.79 bits per heavy atom. The van der Waals surface area contributed by atoms with Gasteiger partial charge in [0, 0.05) is 19.6 Å². The molecule has 0 atom stereocenters. The zero-order valence-corrected chi connectivity index (χ0v) is 9.60.